The summed E-state index contributed by atoms with van der Waals surface area (Å²) < 4.78 is 89.6. The number of halogens is 6. The summed E-state index contributed by atoms with van der Waals surface area (Å²) in [5.74, 6) is -3.78. The van der Waals surface area contributed by atoms with Gasteiger partial charge in [0.05, 0.1) is 36.8 Å². The number of alkyl carbamates (subject to hydrolysis) is 1. The van der Waals surface area contributed by atoms with Gasteiger partial charge in [-0.05, 0) is 36.1 Å². The molecule has 2 heterocycles. The number of carbonyl (C=O) groups excluding carboxylic acids is 2. The molecule has 236 valence electrons. The molecule has 14 heteroatoms. The zero-order valence-corrected chi connectivity index (χ0v) is 23.3. The third-order valence-corrected chi connectivity index (χ3v) is 6.95. The largest absolute Gasteiger partial charge is 0.448 e. The maximum absolute atomic E-state index is 14.8. The SMILES string of the molecule is O=C(CC(c1ccccc1)c1ccc(F)c(F)c1)Nc1cncc(F)c1CCC1CNC(COC(=O)NCC(F)(F)F)CO1. The van der Waals surface area contributed by atoms with Crippen LogP contribution in [0.2, 0.25) is 0 Å². The number of nitrogens with one attached hydrogen (secondary N) is 3. The number of hydrogen-bond acceptors (Lipinski definition) is 6. The lowest BCUT2D eigenvalue weighted by Gasteiger charge is -2.30. The van der Waals surface area contributed by atoms with E-state index in [0.29, 0.717) is 24.1 Å². The van der Waals surface area contributed by atoms with Crippen molar-refractivity contribution in [3.63, 3.8) is 0 Å². The Bertz CT molecular complexity index is 1420. The highest BCUT2D eigenvalue weighted by Gasteiger charge is 2.29. The Kier molecular flexibility index (Phi) is 11.2. The summed E-state index contributed by atoms with van der Waals surface area (Å²) in [5, 5.41) is 7.39. The molecule has 2 aromatic carbocycles. The minimum Gasteiger partial charge on any atom is -0.448 e. The van der Waals surface area contributed by atoms with Crippen molar-refractivity contribution in [3.05, 3.63) is 95.1 Å². The lowest BCUT2D eigenvalue weighted by Crippen LogP contribution is -2.49. The van der Waals surface area contributed by atoms with Crippen LogP contribution in [0, 0.1) is 17.5 Å². The first-order valence-corrected chi connectivity index (χ1v) is 13.7. The van der Waals surface area contributed by atoms with Crippen molar-refractivity contribution >= 4 is 17.7 Å². The summed E-state index contributed by atoms with van der Waals surface area (Å²) in [6, 6.07) is 11.9. The average molecular weight is 625 g/mol. The topological polar surface area (TPSA) is 102 Å². The standard InChI is InChI=1S/C30H30F6N4O4/c31-24-9-6-19(10-25(24)32)23(18-4-2-1-3-5-18)11-28(41)40-27-14-37-13-26(33)22(27)8-7-21-12-38-20(15-43-21)16-44-29(42)39-17-30(34,35)36/h1-6,9-10,13-14,20-21,23,38H,7-8,11-12,15-17H2,(H,39,42)(H,40,41). The van der Waals surface area contributed by atoms with Crippen LogP contribution in [0.25, 0.3) is 0 Å². The molecule has 0 aliphatic carbocycles. The van der Waals surface area contributed by atoms with Crippen LogP contribution in [0.5, 0.6) is 0 Å². The zero-order chi connectivity index (χ0) is 31.7. The molecule has 3 N–H and O–H groups in total. The summed E-state index contributed by atoms with van der Waals surface area (Å²) in [5.41, 5.74) is 1.47. The van der Waals surface area contributed by atoms with Crippen molar-refractivity contribution in [2.24, 2.45) is 0 Å². The van der Waals surface area contributed by atoms with Crippen LogP contribution in [0.4, 0.5) is 36.8 Å². The maximum atomic E-state index is 14.8. The van der Waals surface area contributed by atoms with Crippen LogP contribution in [0.3, 0.4) is 0 Å². The molecule has 0 saturated carbocycles. The summed E-state index contributed by atoms with van der Waals surface area (Å²) in [7, 11) is 0. The number of benzene rings is 2. The monoisotopic (exact) mass is 624 g/mol. The van der Waals surface area contributed by atoms with Crippen molar-refractivity contribution in [2.45, 2.75) is 43.5 Å². The number of aromatic nitrogens is 1. The number of anilines is 1. The van der Waals surface area contributed by atoms with Gasteiger partial charge in [0.2, 0.25) is 5.91 Å². The van der Waals surface area contributed by atoms with Gasteiger partial charge >= 0.3 is 12.3 Å². The molecule has 4 rings (SSSR count). The molecule has 3 aromatic rings. The van der Waals surface area contributed by atoms with Crippen LogP contribution < -0.4 is 16.0 Å². The number of rotatable bonds is 11. The Labute approximate surface area is 249 Å². The van der Waals surface area contributed by atoms with Gasteiger partial charge in [-0.1, -0.05) is 36.4 Å². The molecule has 44 heavy (non-hydrogen) atoms. The Morgan fingerprint density at radius 3 is 2.48 bits per heavy atom. The number of pyridine rings is 1. The minimum absolute atomic E-state index is 0.102. The lowest BCUT2D eigenvalue weighted by atomic mass is 9.88. The van der Waals surface area contributed by atoms with E-state index in [2.05, 4.69) is 15.6 Å². The second kappa shape index (κ2) is 15.0. The molecular weight excluding hydrogens is 594 g/mol. The summed E-state index contributed by atoms with van der Waals surface area (Å²) >= 11 is 0. The van der Waals surface area contributed by atoms with Crippen LogP contribution in [-0.2, 0) is 20.7 Å². The first-order chi connectivity index (χ1) is 21.0. The van der Waals surface area contributed by atoms with E-state index >= 15 is 0 Å². The van der Waals surface area contributed by atoms with Crippen molar-refractivity contribution < 1.29 is 45.4 Å². The number of alkyl halides is 3. The Morgan fingerprint density at radius 2 is 1.80 bits per heavy atom. The second-order valence-corrected chi connectivity index (χ2v) is 10.2. The average Bonchev–Trinajstić information content (AvgIpc) is 2.99. The van der Waals surface area contributed by atoms with E-state index < -0.39 is 54.1 Å². The third kappa shape index (κ3) is 9.67. The van der Waals surface area contributed by atoms with E-state index in [0.717, 1.165) is 18.3 Å². The number of amides is 2. The predicted octanol–water partition coefficient (Wildman–Crippen LogP) is 5.24. The third-order valence-electron chi connectivity index (χ3n) is 6.95. The molecule has 3 atom stereocenters. The normalized spacial score (nSPS) is 17.5. The molecule has 1 aliphatic heterocycles. The van der Waals surface area contributed by atoms with Crippen LogP contribution >= 0.6 is 0 Å². The van der Waals surface area contributed by atoms with Gasteiger partial charge in [-0.15, -0.1) is 0 Å². The summed E-state index contributed by atoms with van der Waals surface area (Å²) in [6.45, 7) is -1.30. The predicted molar refractivity (Wildman–Crippen MR) is 147 cm³/mol. The van der Waals surface area contributed by atoms with E-state index in [1.165, 1.54) is 12.3 Å². The molecular formula is C30H30F6N4O4. The first kappa shape index (κ1) is 32.7. The van der Waals surface area contributed by atoms with Gasteiger partial charge in [-0.25, -0.2) is 18.0 Å². The zero-order valence-electron chi connectivity index (χ0n) is 23.3. The quantitative estimate of drug-likeness (QED) is 0.253. The molecule has 2 amide bonds. The molecule has 1 saturated heterocycles. The Hall–Kier alpha value is -4.17. The first-order valence-electron chi connectivity index (χ1n) is 13.7. The van der Waals surface area contributed by atoms with Gasteiger partial charge in [0.15, 0.2) is 11.6 Å². The van der Waals surface area contributed by atoms with Gasteiger partial charge in [0, 0.05) is 24.4 Å². The number of carbonyl (C=O) groups is 2. The van der Waals surface area contributed by atoms with E-state index in [9.17, 15) is 35.9 Å². The second-order valence-electron chi connectivity index (χ2n) is 10.2. The highest BCUT2D eigenvalue weighted by Crippen LogP contribution is 2.30. The smallest absolute Gasteiger partial charge is 0.407 e. The molecule has 1 aromatic heterocycles. The van der Waals surface area contributed by atoms with Crippen LogP contribution in [0.15, 0.2) is 60.9 Å². The molecule has 0 bridgehead atoms. The summed E-state index contributed by atoms with van der Waals surface area (Å²) in [4.78, 5) is 28.4. The van der Waals surface area contributed by atoms with E-state index in [-0.39, 0.29) is 43.4 Å². The van der Waals surface area contributed by atoms with E-state index in [1.807, 2.05) is 0 Å². The fourth-order valence-corrected chi connectivity index (χ4v) is 4.72. The van der Waals surface area contributed by atoms with Crippen molar-refractivity contribution in [3.8, 4) is 0 Å². The van der Waals surface area contributed by atoms with E-state index in [1.54, 1.807) is 35.6 Å². The highest BCUT2D eigenvalue weighted by molar-refractivity contribution is 5.92. The van der Waals surface area contributed by atoms with Gasteiger partial charge < -0.3 is 25.4 Å². The summed E-state index contributed by atoms with van der Waals surface area (Å²) in [6.07, 6.45) is -3.39. The lowest BCUT2D eigenvalue weighted by molar-refractivity contribution is -0.124. The fourth-order valence-electron chi connectivity index (χ4n) is 4.72. The van der Waals surface area contributed by atoms with Crippen molar-refractivity contribution in [1.82, 2.24) is 15.6 Å². The molecule has 0 radical (unpaired) electrons. The van der Waals surface area contributed by atoms with E-state index in [4.69, 9.17) is 9.47 Å². The Morgan fingerprint density at radius 1 is 1.02 bits per heavy atom. The van der Waals surface area contributed by atoms with Gasteiger partial charge in [-0.3, -0.25) is 9.78 Å². The van der Waals surface area contributed by atoms with Crippen molar-refractivity contribution in [2.75, 3.05) is 31.6 Å². The van der Waals surface area contributed by atoms with Crippen molar-refractivity contribution in [1.29, 1.82) is 0 Å². The van der Waals surface area contributed by atoms with Gasteiger partial charge in [0.1, 0.15) is 19.0 Å². The molecule has 1 fully saturated rings. The maximum Gasteiger partial charge on any atom is 0.407 e. The molecule has 8 nitrogen and oxygen atoms in total. The van der Waals surface area contributed by atoms with Gasteiger partial charge in [-0.2, -0.15) is 13.2 Å². The number of morpholine rings is 1. The van der Waals surface area contributed by atoms with Crippen LogP contribution in [0.1, 0.15) is 35.4 Å². The Balaban J connectivity index is 1.32. The molecule has 3 unspecified atom stereocenters. The van der Waals surface area contributed by atoms with Crippen LogP contribution in [-0.4, -0.2) is 61.6 Å². The fraction of sp³-hybridized carbons (Fsp3) is 0.367. The highest BCUT2D eigenvalue weighted by atomic mass is 19.4. The number of nitrogens with zero attached hydrogens (tertiary/aromatic N) is 1. The number of hydrogen-bond donors (Lipinski definition) is 3. The molecule has 1 aliphatic rings. The molecule has 0 spiro atoms. The minimum atomic E-state index is -4.55. The van der Waals surface area contributed by atoms with Gasteiger partial charge in [0.25, 0.3) is 0 Å². The number of ether oxygens (including phenoxy) is 2.